The van der Waals surface area contributed by atoms with E-state index < -0.39 is 29.7 Å². The van der Waals surface area contributed by atoms with Crippen molar-refractivity contribution in [1.29, 1.82) is 0 Å². The van der Waals surface area contributed by atoms with Crippen LogP contribution in [0.15, 0.2) is 15.8 Å². The average Bonchev–Trinajstić information content (AvgIpc) is 2.74. The van der Waals surface area contributed by atoms with Crippen LogP contribution in [0.4, 0.5) is 0 Å². The summed E-state index contributed by atoms with van der Waals surface area (Å²) in [5.74, 6) is 0. The fraction of sp³-hybridized carbons (Fsp3) is 0.714. The van der Waals surface area contributed by atoms with Crippen molar-refractivity contribution in [3.05, 3.63) is 32.6 Å². The minimum atomic E-state index is -0.694. The molecule has 1 saturated heterocycles. The molecule has 2 heterocycles. The van der Waals surface area contributed by atoms with E-state index in [0.717, 1.165) is 0 Å². The van der Waals surface area contributed by atoms with Gasteiger partial charge in [0.2, 0.25) is 0 Å². The molecule has 0 radical (unpaired) electrons. The molecule has 0 bridgehead atoms. The Morgan fingerprint density at radius 1 is 1.45 bits per heavy atom. The van der Waals surface area contributed by atoms with Gasteiger partial charge in [0, 0.05) is 18.2 Å². The van der Waals surface area contributed by atoms with Gasteiger partial charge in [-0.1, -0.05) is 0 Å². The second kappa shape index (κ2) is 6.33. The van der Waals surface area contributed by atoms with Crippen molar-refractivity contribution in [2.75, 3.05) is 33.8 Å². The molecule has 124 valence electrons. The van der Waals surface area contributed by atoms with Crippen molar-refractivity contribution in [3.63, 3.8) is 0 Å². The number of aliphatic hydroxyl groups is 2. The summed E-state index contributed by atoms with van der Waals surface area (Å²) in [6.07, 6.45) is 0.0206. The number of rotatable bonds is 5. The summed E-state index contributed by atoms with van der Waals surface area (Å²) < 4.78 is 7.63. The maximum Gasteiger partial charge on any atom is 0.330 e. The summed E-state index contributed by atoms with van der Waals surface area (Å²) in [6.45, 7) is 2.74. The summed E-state index contributed by atoms with van der Waals surface area (Å²) in [5.41, 5.74) is -0.549. The Hall–Kier alpha value is -1.48. The maximum absolute atomic E-state index is 11.9. The molecule has 0 amide bonds. The number of likely N-dealkylation sites (N-methyl/N-ethyl adjacent to an activating group) is 1. The zero-order chi connectivity index (χ0) is 16.5. The summed E-state index contributed by atoms with van der Waals surface area (Å²) in [4.78, 5) is 25.5. The van der Waals surface area contributed by atoms with Gasteiger partial charge in [-0.3, -0.25) is 14.3 Å². The molecule has 0 aliphatic carbocycles. The summed E-state index contributed by atoms with van der Waals surface area (Å²) in [7, 11) is 3.88. The van der Waals surface area contributed by atoms with E-state index in [-0.39, 0.29) is 13.0 Å². The van der Waals surface area contributed by atoms with Crippen LogP contribution in [0.25, 0.3) is 0 Å². The molecule has 3 atom stereocenters. The normalized spacial score (nSPS) is 25.6. The molecule has 1 aromatic rings. The highest BCUT2D eigenvalue weighted by Crippen LogP contribution is 2.28. The van der Waals surface area contributed by atoms with Crippen LogP contribution in [-0.2, 0) is 4.74 Å². The maximum atomic E-state index is 11.9. The van der Waals surface area contributed by atoms with E-state index in [1.54, 1.807) is 6.92 Å². The fourth-order valence-electron chi connectivity index (χ4n) is 2.70. The third-order valence-electron chi connectivity index (χ3n) is 4.04. The zero-order valence-electron chi connectivity index (χ0n) is 13.2. The summed E-state index contributed by atoms with van der Waals surface area (Å²) >= 11 is 0. The molecule has 8 heteroatoms. The predicted molar refractivity (Wildman–Crippen MR) is 79.5 cm³/mol. The van der Waals surface area contributed by atoms with Crippen molar-refractivity contribution in [2.45, 2.75) is 31.8 Å². The van der Waals surface area contributed by atoms with Crippen LogP contribution in [0.5, 0.6) is 0 Å². The zero-order valence-corrected chi connectivity index (χ0v) is 13.2. The summed E-state index contributed by atoms with van der Waals surface area (Å²) in [6, 6.07) is 0. The number of H-pyrrole nitrogens is 1. The number of nitrogens with zero attached hydrogens (tertiary/aromatic N) is 2. The Morgan fingerprint density at radius 3 is 2.77 bits per heavy atom. The second-order valence-electron chi connectivity index (χ2n) is 6.48. The first kappa shape index (κ1) is 16.9. The number of aryl methyl sites for hydroxylation is 1. The number of ether oxygens (including phenoxy) is 1. The van der Waals surface area contributed by atoms with Crippen LogP contribution in [0.2, 0.25) is 0 Å². The van der Waals surface area contributed by atoms with Crippen LogP contribution in [-0.4, -0.2) is 70.2 Å². The molecule has 1 fully saturated rings. The number of hydrogen-bond acceptors (Lipinski definition) is 5. The molecular weight excluding hydrogens is 290 g/mol. The molecule has 0 saturated carbocycles. The Kier molecular flexibility index (Phi) is 4.86. The van der Waals surface area contributed by atoms with E-state index in [0.29, 0.717) is 23.1 Å². The molecule has 22 heavy (non-hydrogen) atoms. The molecule has 8 nitrogen and oxygen atoms in total. The highest BCUT2D eigenvalue weighted by molar-refractivity contribution is 5.02. The number of nitrogens with one attached hydrogen (secondary N) is 1. The van der Waals surface area contributed by atoms with E-state index in [4.69, 9.17) is 9.84 Å². The summed E-state index contributed by atoms with van der Waals surface area (Å²) in [5, 5.41) is 19.2. The van der Waals surface area contributed by atoms with Crippen LogP contribution >= 0.6 is 0 Å². The van der Waals surface area contributed by atoms with Crippen LogP contribution in [0.1, 0.15) is 18.2 Å². The van der Waals surface area contributed by atoms with Crippen LogP contribution in [0.3, 0.4) is 0 Å². The monoisotopic (exact) mass is 314 g/mol. The van der Waals surface area contributed by atoms with Gasteiger partial charge in [0.1, 0.15) is 25.4 Å². The SMILES string of the molecule is Cc1cn([C@H]2C[C@H](O)[C@@H](C[N+](C)(C)CCO)O2)c(=O)[nH]c1=O. The van der Waals surface area contributed by atoms with Crippen molar-refractivity contribution in [1.82, 2.24) is 9.55 Å². The van der Waals surface area contributed by atoms with Crippen molar-refractivity contribution < 1.29 is 19.4 Å². The molecule has 1 aromatic heterocycles. The quantitative estimate of drug-likeness (QED) is 0.578. The number of aliphatic hydroxyl groups excluding tert-OH is 2. The molecule has 2 rings (SSSR count). The first-order valence-corrected chi connectivity index (χ1v) is 7.32. The number of quaternary nitrogens is 1. The Morgan fingerprint density at radius 2 is 2.14 bits per heavy atom. The number of aromatic nitrogens is 2. The first-order chi connectivity index (χ1) is 10.2. The third kappa shape index (κ3) is 3.64. The van der Waals surface area contributed by atoms with Gasteiger partial charge in [-0.15, -0.1) is 0 Å². The molecule has 0 spiro atoms. The van der Waals surface area contributed by atoms with Gasteiger partial charge in [-0.25, -0.2) is 4.79 Å². The lowest BCUT2D eigenvalue weighted by Gasteiger charge is -2.32. The molecule has 0 aromatic carbocycles. The molecule has 1 aliphatic heterocycles. The average molecular weight is 314 g/mol. The molecule has 3 N–H and O–H groups in total. The van der Waals surface area contributed by atoms with Gasteiger partial charge in [-0.05, 0) is 6.92 Å². The van der Waals surface area contributed by atoms with Gasteiger partial charge < -0.3 is 19.4 Å². The van der Waals surface area contributed by atoms with E-state index >= 15 is 0 Å². The molecule has 0 unspecified atom stereocenters. The van der Waals surface area contributed by atoms with Crippen LogP contribution < -0.4 is 11.2 Å². The topological polar surface area (TPSA) is 105 Å². The standard InChI is InChI=1S/C14H23N3O5/c1-9-7-16(14(21)15-13(9)20)12-6-10(19)11(22-12)8-17(2,3)4-5-18/h7,10-12,18-19H,4-6,8H2,1-3H3/p+1/t10-,11+,12+/m0/s1. The highest BCUT2D eigenvalue weighted by atomic mass is 16.5. The van der Waals surface area contributed by atoms with Gasteiger partial charge in [0.15, 0.2) is 0 Å². The first-order valence-electron chi connectivity index (χ1n) is 7.32. The van der Waals surface area contributed by atoms with E-state index in [1.165, 1.54) is 10.8 Å². The lowest BCUT2D eigenvalue weighted by atomic mass is 10.1. The third-order valence-corrected chi connectivity index (χ3v) is 4.04. The lowest BCUT2D eigenvalue weighted by molar-refractivity contribution is -0.894. The minimum absolute atomic E-state index is 0.0534. The minimum Gasteiger partial charge on any atom is -0.391 e. The van der Waals surface area contributed by atoms with Crippen molar-refractivity contribution in [2.24, 2.45) is 0 Å². The van der Waals surface area contributed by atoms with E-state index in [1.807, 2.05) is 14.1 Å². The predicted octanol–water partition coefficient (Wildman–Crippen LogP) is -1.44. The van der Waals surface area contributed by atoms with Gasteiger partial charge >= 0.3 is 5.69 Å². The van der Waals surface area contributed by atoms with E-state index in [2.05, 4.69) is 4.98 Å². The smallest absolute Gasteiger partial charge is 0.330 e. The van der Waals surface area contributed by atoms with E-state index in [9.17, 15) is 14.7 Å². The van der Waals surface area contributed by atoms with Gasteiger partial charge in [0.05, 0.1) is 26.8 Å². The highest BCUT2D eigenvalue weighted by Gasteiger charge is 2.39. The Labute approximate surface area is 128 Å². The van der Waals surface area contributed by atoms with Crippen molar-refractivity contribution >= 4 is 0 Å². The largest absolute Gasteiger partial charge is 0.391 e. The van der Waals surface area contributed by atoms with Gasteiger partial charge in [0.25, 0.3) is 5.56 Å². The number of aromatic amines is 1. The second-order valence-corrected chi connectivity index (χ2v) is 6.48. The van der Waals surface area contributed by atoms with Crippen LogP contribution in [0, 0.1) is 6.92 Å². The Balaban J connectivity index is 2.16. The Bertz CT molecular complexity index is 636. The van der Waals surface area contributed by atoms with Gasteiger partial charge in [-0.2, -0.15) is 0 Å². The van der Waals surface area contributed by atoms with Crippen molar-refractivity contribution in [3.8, 4) is 0 Å². The lowest BCUT2D eigenvalue weighted by Crippen LogP contribution is -2.49. The molecular formula is C14H24N3O5+. The number of hydrogen-bond donors (Lipinski definition) is 3. The fourth-order valence-corrected chi connectivity index (χ4v) is 2.70. The molecule has 1 aliphatic rings.